The van der Waals surface area contributed by atoms with Crippen LogP contribution in [0.4, 0.5) is 15.8 Å². The zero-order valence-corrected chi connectivity index (χ0v) is 14.6. The highest BCUT2D eigenvalue weighted by Gasteiger charge is 2.23. The van der Waals surface area contributed by atoms with Crippen molar-refractivity contribution in [3.8, 4) is 5.75 Å². The maximum absolute atomic E-state index is 13.8. The van der Waals surface area contributed by atoms with E-state index in [9.17, 15) is 17.6 Å². The molecule has 1 aliphatic rings. The van der Waals surface area contributed by atoms with Gasteiger partial charge >= 0.3 is 0 Å². The van der Waals surface area contributed by atoms with Gasteiger partial charge in [-0.15, -0.1) is 0 Å². The lowest BCUT2D eigenvalue weighted by Gasteiger charge is -2.16. The predicted molar refractivity (Wildman–Crippen MR) is 91.9 cm³/mol. The van der Waals surface area contributed by atoms with E-state index in [1.54, 1.807) is 23.1 Å². The summed E-state index contributed by atoms with van der Waals surface area (Å²) >= 11 is 0. The fourth-order valence-electron chi connectivity index (χ4n) is 2.80. The van der Waals surface area contributed by atoms with Gasteiger partial charge in [-0.25, -0.2) is 12.8 Å². The molecule has 0 bridgehead atoms. The van der Waals surface area contributed by atoms with E-state index in [-0.39, 0.29) is 16.6 Å². The molecule has 1 heterocycles. The fraction of sp³-hybridized carbons (Fsp3) is 0.235. The van der Waals surface area contributed by atoms with E-state index in [0.717, 1.165) is 18.1 Å². The number of sulfonamides is 1. The quantitative estimate of drug-likeness (QED) is 0.905. The van der Waals surface area contributed by atoms with Crippen LogP contribution in [-0.2, 0) is 21.2 Å². The number of methoxy groups -OCH3 is 1. The molecule has 6 nitrogen and oxygen atoms in total. The molecule has 25 heavy (non-hydrogen) atoms. The van der Waals surface area contributed by atoms with E-state index in [1.807, 2.05) is 0 Å². The van der Waals surface area contributed by atoms with Crippen LogP contribution in [-0.4, -0.2) is 28.0 Å². The Morgan fingerprint density at radius 2 is 2.00 bits per heavy atom. The van der Waals surface area contributed by atoms with Crippen LogP contribution in [0.25, 0.3) is 0 Å². The van der Waals surface area contributed by atoms with Crippen LogP contribution in [0, 0.1) is 5.82 Å². The minimum Gasteiger partial charge on any atom is -0.494 e. The van der Waals surface area contributed by atoms with Gasteiger partial charge in [0.05, 0.1) is 17.7 Å². The first-order valence-corrected chi connectivity index (χ1v) is 9.07. The van der Waals surface area contributed by atoms with Gasteiger partial charge in [0.25, 0.3) is 10.0 Å². The number of carbonyl (C=O) groups excluding carboxylic acids is 1. The fourth-order valence-corrected chi connectivity index (χ4v) is 3.86. The minimum atomic E-state index is -3.96. The van der Waals surface area contributed by atoms with Crippen LogP contribution in [0.3, 0.4) is 0 Å². The highest BCUT2D eigenvalue weighted by Crippen LogP contribution is 2.32. The van der Waals surface area contributed by atoms with Crippen molar-refractivity contribution in [2.24, 2.45) is 0 Å². The van der Waals surface area contributed by atoms with Gasteiger partial charge < -0.3 is 9.64 Å². The molecule has 1 aliphatic heterocycles. The summed E-state index contributed by atoms with van der Waals surface area (Å²) in [6, 6.07) is 8.44. The number of hydrogen-bond donors (Lipinski definition) is 1. The van der Waals surface area contributed by atoms with E-state index in [0.29, 0.717) is 17.9 Å². The molecule has 0 aliphatic carbocycles. The predicted octanol–water partition coefficient (Wildman–Crippen LogP) is 2.54. The maximum atomic E-state index is 13.8. The summed E-state index contributed by atoms with van der Waals surface area (Å²) < 4.78 is 45.9. The molecule has 1 amide bonds. The summed E-state index contributed by atoms with van der Waals surface area (Å²) in [6.45, 7) is 2.04. The second-order valence-electron chi connectivity index (χ2n) is 5.67. The van der Waals surface area contributed by atoms with E-state index >= 15 is 0 Å². The molecule has 0 spiro atoms. The summed E-state index contributed by atoms with van der Waals surface area (Å²) in [5, 5.41) is 0. The first kappa shape index (κ1) is 17.2. The average molecular weight is 364 g/mol. The number of amides is 1. The van der Waals surface area contributed by atoms with Crippen LogP contribution < -0.4 is 14.4 Å². The van der Waals surface area contributed by atoms with Crippen molar-refractivity contribution in [1.82, 2.24) is 0 Å². The number of fused-ring (bicyclic) bond motifs is 1. The Morgan fingerprint density at radius 3 is 2.64 bits per heavy atom. The van der Waals surface area contributed by atoms with Gasteiger partial charge in [0.15, 0.2) is 11.6 Å². The highest BCUT2D eigenvalue weighted by molar-refractivity contribution is 7.92. The SMILES string of the molecule is COc1ccc(S(=O)(=O)Nc2ccc3c(c2)N(C(C)=O)CC3)cc1F. The number of nitrogens with zero attached hydrogens (tertiary/aromatic N) is 1. The second kappa shape index (κ2) is 6.36. The summed E-state index contributed by atoms with van der Waals surface area (Å²) in [7, 11) is -2.66. The zero-order chi connectivity index (χ0) is 18.2. The molecule has 0 fully saturated rings. The first-order chi connectivity index (χ1) is 11.8. The summed E-state index contributed by atoms with van der Waals surface area (Å²) in [4.78, 5) is 13.0. The number of anilines is 2. The van der Waals surface area contributed by atoms with E-state index in [2.05, 4.69) is 4.72 Å². The van der Waals surface area contributed by atoms with E-state index in [4.69, 9.17) is 4.74 Å². The number of carbonyl (C=O) groups is 1. The van der Waals surface area contributed by atoms with E-state index in [1.165, 1.54) is 26.2 Å². The monoisotopic (exact) mass is 364 g/mol. The molecule has 2 aromatic carbocycles. The van der Waals surface area contributed by atoms with Gasteiger partial charge in [0, 0.05) is 19.2 Å². The Hall–Kier alpha value is -2.61. The number of rotatable bonds is 4. The molecule has 1 N–H and O–H groups in total. The number of nitrogens with one attached hydrogen (secondary N) is 1. The molecule has 0 aromatic heterocycles. The third-order valence-electron chi connectivity index (χ3n) is 4.05. The third kappa shape index (κ3) is 3.30. The second-order valence-corrected chi connectivity index (χ2v) is 7.35. The van der Waals surface area contributed by atoms with Crippen molar-refractivity contribution in [3.05, 3.63) is 47.8 Å². The van der Waals surface area contributed by atoms with Gasteiger partial charge in [0.2, 0.25) is 5.91 Å². The maximum Gasteiger partial charge on any atom is 0.262 e. The van der Waals surface area contributed by atoms with Gasteiger partial charge in [-0.2, -0.15) is 0 Å². The number of ether oxygens (including phenoxy) is 1. The highest BCUT2D eigenvalue weighted by atomic mass is 32.2. The number of benzene rings is 2. The molecule has 2 aromatic rings. The largest absolute Gasteiger partial charge is 0.494 e. The summed E-state index contributed by atoms with van der Waals surface area (Å²) in [5.41, 5.74) is 1.98. The van der Waals surface area contributed by atoms with Crippen molar-refractivity contribution >= 4 is 27.3 Å². The van der Waals surface area contributed by atoms with Crippen LogP contribution in [0.2, 0.25) is 0 Å². The minimum absolute atomic E-state index is 0.0337. The van der Waals surface area contributed by atoms with Crippen molar-refractivity contribution < 1.29 is 22.3 Å². The van der Waals surface area contributed by atoms with Crippen molar-refractivity contribution in [1.29, 1.82) is 0 Å². The Morgan fingerprint density at radius 1 is 1.24 bits per heavy atom. The summed E-state index contributed by atoms with van der Waals surface area (Å²) in [6.07, 6.45) is 0.728. The zero-order valence-electron chi connectivity index (χ0n) is 13.7. The molecule has 8 heteroatoms. The van der Waals surface area contributed by atoms with Crippen LogP contribution in [0.15, 0.2) is 41.3 Å². The standard InChI is InChI=1S/C17H17FN2O4S/c1-11(21)20-8-7-12-3-4-13(9-16(12)20)19-25(22,23)14-5-6-17(24-2)15(18)10-14/h3-6,9-10,19H,7-8H2,1-2H3. The normalized spacial score (nSPS) is 13.5. The van der Waals surface area contributed by atoms with Gasteiger partial charge in [0.1, 0.15) is 0 Å². The van der Waals surface area contributed by atoms with Crippen LogP contribution >= 0.6 is 0 Å². The molecule has 132 valence electrons. The molecular weight excluding hydrogens is 347 g/mol. The lowest BCUT2D eigenvalue weighted by molar-refractivity contribution is -0.116. The van der Waals surface area contributed by atoms with E-state index < -0.39 is 15.8 Å². The Kier molecular flexibility index (Phi) is 4.38. The van der Waals surface area contributed by atoms with Crippen molar-refractivity contribution in [2.45, 2.75) is 18.2 Å². The molecule has 3 rings (SSSR count). The smallest absolute Gasteiger partial charge is 0.262 e. The molecule has 0 saturated heterocycles. The molecular formula is C17H17FN2O4S. The Balaban J connectivity index is 1.90. The van der Waals surface area contributed by atoms with Gasteiger partial charge in [-0.05, 0) is 42.3 Å². The Bertz CT molecular complexity index is 944. The summed E-state index contributed by atoms with van der Waals surface area (Å²) in [5.74, 6) is -0.897. The van der Waals surface area contributed by atoms with Crippen LogP contribution in [0.5, 0.6) is 5.75 Å². The average Bonchev–Trinajstić information content (AvgIpc) is 2.97. The topological polar surface area (TPSA) is 75.7 Å². The molecule has 0 saturated carbocycles. The number of halogens is 1. The third-order valence-corrected chi connectivity index (χ3v) is 5.43. The molecule has 0 atom stereocenters. The van der Waals surface area contributed by atoms with Crippen molar-refractivity contribution in [3.63, 3.8) is 0 Å². The van der Waals surface area contributed by atoms with Gasteiger partial charge in [-0.3, -0.25) is 9.52 Å². The lowest BCUT2D eigenvalue weighted by atomic mass is 10.1. The van der Waals surface area contributed by atoms with Crippen molar-refractivity contribution in [2.75, 3.05) is 23.3 Å². The molecule has 0 radical (unpaired) electrons. The Labute approximate surface area is 145 Å². The first-order valence-electron chi connectivity index (χ1n) is 7.59. The van der Waals surface area contributed by atoms with Gasteiger partial charge in [-0.1, -0.05) is 6.07 Å². The lowest BCUT2D eigenvalue weighted by Crippen LogP contribution is -2.25. The number of hydrogen-bond acceptors (Lipinski definition) is 4. The molecule has 0 unspecified atom stereocenters. The van der Waals surface area contributed by atoms with Crippen LogP contribution in [0.1, 0.15) is 12.5 Å².